The van der Waals surface area contributed by atoms with Crippen molar-refractivity contribution in [1.82, 2.24) is 0 Å². The standard InChI is InChI=1S/C14H15P.C12H10/c1-11-3-7-13(8-4-11)15-14-9-5-12(2)6-10-14;1-3-7-11(8-4-1)12-9-5-2-6-10-12/h3-10,15H,1-2H3;1-10H. The molecular weight excluding hydrogens is 343 g/mol. The van der Waals surface area contributed by atoms with Gasteiger partial charge in [-0.3, -0.25) is 0 Å². The Morgan fingerprint density at radius 3 is 1.07 bits per heavy atom. The third kappa shape index (κ3) is 6.20. The van der Waals surface area contributed by atoms with Crippen LogP contribution in [0.25, 0.3) is 11.1 Å². The van der Waals surface area contributed by atoms with Crippen LogP contribution in [-0.2, 0) is 0 Å². The van der Waals surface area contributed by atoms with Crippen LogP contribution in [-0.4, -0.2) is 0 Å². The molecule has 0 spiro atoms. The van der Waals surface area contributed by atoms with Crippen LogP contribution < -0.4 is 10.6 Å². The van der Waals surface area contributed by atoms with Gasteiger partial charge >= 0.3 is 0 Å². The first-order valence-corrected chi connectivity index (χ1v) is 10.2. The molecule has 0 saturated carbocycles. The third-order valence-electron chi connectivity index (χ3n) is 4.27. The second-order valence-corrected chi connectivity index (χ2v) is 7.99. The van der Waals surface area contributed by atoms with Gasteiger partial charge in [-0.05, 0) is 35.6 Å². The van der Waals surface area contributed by atoms with E-state index in [1.165, 1.54) is 32.9 Å². The molecule has 0 aliphatic rings. The van der Waals surface area contributed by atoms with Gasteiger partial charge in [-0.25, -0.2) is 0 Å². The van der Waals surface area contributed by atoms with Crippen molar-refractivity contribution in [3.63, 3.8) is 0 Å². The second kappa shape index (κ2) is 9.86. The molecule has 0 unspecified atom stereocenters. The van der Waals surface area contributed by atoms with Crippen LogP contribution >= 0.6 is 8.58 Å². The molecule has 0 bridgehead atoms. The Kier molecular flexibility index (Phi) is 6.97. The van der Waals surface area contributed by atoms with Crippen LogP contribution in [0.4, 0.5) is 0 Å². The van der Waals surface area contributed by atoms with Crippen LogP contribution in [0.1, 0.15) is 11.1 Å². The van der Waals surface area contributed by atoms with Crippen molar-refractivity contribution in [3.8, 4) is 11.1 Å². The highest BCUT2D eigenvalue weighted by atomic mass is 31.1. The van der Waals surface area contributed by atoms with E-state index in [9.17, 15) is 0 Å². The Morgan fingerprint density at radius 1 is 0.407 bits per heavy atom. The third-order valence-corrected chi connectivity index (χ3v) is 5.52. The van der Waals surface area contributed by atoms with E-state index in [4.69, 9.17) is 0 Å². The van der Waals surface area contributed by atoms with E-state index in [-0.39, 0.29) is 0 Å². The summed E-state index contributed by atoms with van der Waals surface area (Å²) in [5.41, 5.74) is 5.20. The molecule has 4 aromatic rings. The van der Waals surface area contributed by atoms with Gasteiger partial charge in [0.2, 0.25) is 0 Å². The van der Waals surface area contributed by atoms with Gasteiger partial charge in [0.1, 0.15) is 0 Å². The molecule has 0 radical (unpaired) electrons. The van der Waals surface area contributed by atoms with E-state index in [0.717, 1.165) is 8.58 Å². The maximum atomic E-state index is 2.22. The lowest BCUT2D eigenvalue weighted by atomic mass is 10.1. The number of rotatable bonds is 3. The monoisotopic (exact) mass is 368 g/mol. The SMILES string of the molecule is Cc1ccc(Pc2ccc(C)cc2)cc1.c1ccc(-c2ccccc2)cc1. The molecule has 134 valence electrons. The Morgan fingerprint density at radius 2 is 0.741 bits per heavy atom. The molecule has 0 atom stereocenters. The highest BCUT2D eigenvalue weighted by Gasteiger charge is 1.95. The van der Waals surface area contributed by atoms with Gasteiger partial charge in [0.05, 0.1) is 0 Å². The van der Waals surface area contributed by atoms with Gasteiger partial charge in [-0.2, -0.15) is 0 Å². The number of hydrogen-bond acceptors (Lipinski definition) is 0. The Bertz CT molecular complexity index is 844. The first-order valence-electron chi connectivity index (χ1n) is 9.21. The van der Waals surface area contributed by atoms with Crippen molar-refractivity contribution < 1.29 is 0 Å². The van der Waals surface area contributed by atoms with Gasteiger partial charge in [-0.1, -0.05) is 129 Å². The van der Waals surface area contributed by atoms with E-state index in [1.807, 2.05) is 12.1 Å². The summed E-state index contributed by atoms with van der Waals surface area (Å²) in [4.78, 5) is 0. The summed E-state index contributed by atoms with van der Waals surface area (Å²) in [6.45, 7) is 4.25. The van der Waals surface area contributed by atoms with Crippen LogP contribution in [0.3, 0.4) is 0 Å². The molecule has 27 heavy (non-hydrogen) atoms. The largest absolute Gasteiger partial charge is 0.0622 e. The topological polar surface area (TPSA) is 0 Å². The van der Waals surface area contributed by atoms with Crippen LogP contribution in [0.15, 0.2) is 109 Å². The van der Waals surface area contributed by atoms with Crippen LogP contribution in [0.5, 0.6) is 0 Å². The summed E-state index contributed by atoms with van der Waals surface area (Å²) in [6.07, 6.45) is 0. The summed E-state index contributed by atoms with van der Waals surface area (Å²) in [5.74, 6) is 0. The van der Waals surface area contributed by atoms with Gasteiger partial charge in [0, 0.05) is 0 Å². The molecule has 4 aromatic carbocycles. The van der Waals surface area contributed by atoms with Gasteiger partial charge in [0.25, 0.3) is 0 Å². The molecule has 0 heterocycles. The van der Waals surface area contributed by atoms with E-state index in [1.54, 1.807) is 0 Å². The van der Waals surface area contributed by atoms with Crippen molar-refractivity contribution >= 4 is 19.2 Å². The molecule has 0 amide bonds. The van der Waals surface area contributed by atoms with Gasteiger partial charge < -0.3 is 0 Å². The minimum atomic E-state index is 0.769. The van der Waals surface area contributed by atoms with E-state index >= 15 is 0 Å². The van der Waals surface area contributed by atoms with E-state index in [2.05, 4.69) is 111 Å². The average Bonchev–Trinajstić information content (AvgIpc) is 2.73. The van der Waals surface area contributed by atoms with Crippen molar-refractivity contribution in [2.75, 3.05) is 0 Å². The van der Waals surface area contributed by atoms with E-state index < -0.39 is 0 Å². The van der Waals surface area contributed by atoms with E-state index in [0.29, 0.717) is 0 Å². The van der Waals surface area contributed by atoms with Crippen LogP contribution in [0.2, 0.25) is 0 Å². The lowest BCUT2D eigenvalue weighted by Gasteiger charge is -2.03. The van der Waals surface area contributed by atoms with Crippen molar-refractivity contribution in [3.05, 3.63) is 120 Å². The average molecular weight is 368 g/mol. The fourth-order valence-corrected chi connectivity index (χ4v) is 3.70. The fraction of sp³-hybridized carbons (Fsp3) is 0.0769. The summed E-state index contributed by atoms with van der Waals surface area (Å²) >= 11 is 0. The predicted octanol–water partition coefficient (Wildman–Crippen LogP) is 6.29. The number of aryl methyl sites for hydroxylation is 2. The van der Waals surface area contributed by atoms with Crippen molar-refractivity contribution in [2.45, 2.75) is 13.8 Å². The Balaban J connectivity index is 0.000000159. The molecule has 0 nitrogen and oxygen atoms in total. The quantitative estimate of drug-likeness (QED) is 0.373. The van der Waals surface area contributed by atoms with Crippen molar-refractivity contribution in [1.29, 1.82) is 0 Å². The summed E-state index contributed by atoms with van der Waals surface area (Å²) in [6, 6.07) is 38.4. The Labute approximate surface area is 164 Å². The smallest absolute Gasteiger partial charge is 0.0184 e. The second-order valence-electron chi connectivity index (χ2n) is 6.59. The minimum absolute atomic E-state index is 0.769. The summed E-state index contributed by atoms with van der Waals surface area (Å²) in [5, 5.41) is 2.81. The normalized spacial score (nSPS) is 10.0. The minimum Gasteiger partial charge on any atom is -0.0622 e. The fourth-order valence-electron chi connectivity index (χ4n) is 2.70. The molecule has 0 fully saturated rings. The molecule has 1 heteroatoms. The molecule has 0 aromatic heterocycles. The first kappa shape index (κ1) is 19.1. The van der Waals surface area contributed by atoms with Crippen molar-refractivity contribution in [2.24, 2.45) is 0 Å². The zero-order valence-electron chi connectivity index (χ0n) is 15.9. The first-order chi connectivity index (χ1) is 13.2. The van der Waals surface area contributed by atoms with Gasteiger partial charge in [0.15, 0.2) is 0 Å². The molecule has 0 aliphatic carbocycles. The highest BCUT2D eigenvalue weighted by Crippen LogP contribution is 2.17. The van der Waals surface area contributed by atoms with Gasteiger partial charge in [-0.15, -0.1) is 0 Å². The molecular formula is C26H25P. The molecule has 0 N–H and O–H groups in total. The maximum Gasteiger partial charge on any atom is -0.0184 e. The van der Waals surface area contributed by atoms with Crippen LogP contribution in [0, 0.1) is 13.8 Å². The zero-order valence-corrected chi connectivity index (χ0v) is 16.9. The number of benzene rings is 4. The summed E-state index contributed by atoms with van der Waals surface area (Å²) < 4.78 is 0. The summed E-state index contributed by atoms with van der Waals surface area (Å²) in [7, 11) is 0.769. The zero-order chi connectivity index (χ0) is 18.9. The molecule has 0 aliphatic heterocycles. The Hall–Kier alpha value is -2.69. The maximum absolute atomic E-state index is 2.22. The molecule has 4 rings (SSSR count). The lowest BCUT2D eigenvalue weighted by molar-refractivity contribution is 1.49. The molecule has 0 saturated heterocycles. The predicted molar refractivity (Wildman–Crippen MR) is 122 cm³/mol. The number of hydrogen-bond donors (Lipinski definition) is 0. The lowest BCUT2D eigenvalue weighted by Crippen LogP contribution is -2.02. The highest BCUT2D eigenvalue weighted by molar-refractivity contribution is 7.55.